The first kappa shape index (κ1) is 18.9. The molecule has 1 heterocycles. The number of aliphatic hydroxyl groups is 1. The first-order valence-corrected chi connectivity index (χ1v) is 9.15. The van der Waals surface area contributed by atoms with Crippen LogP contribution in [0.1, 0.15) is 27.2 Å². The van der Waals surface area contributed by atoms with E-state index in [0.29, 0.717) is 6.92 Å². The third kappa shape index (κ3) is 3.96. The molecule has 4 atom stereocenters. The Bertz CT molecular complexity index is 400. The molecule has 1 aliphatic heterocycles. The van der Waals surface area contributed by atoms with E-state index >= 15 is 0 Å². The van der Waals surface area contributed by atoms with E-state index in [1.165, 1.54) is 6.92 Å². The SMILES string of the molecule is [B]C1(C(C)(I)C(=N)OC(C)CC(C)(O)C(F)(F)F)[B][I-]1. The molecule has 3 radical (unpaired) electrons. The van der Waals surface area contributed by atoms with E-state index in [1.807, 2.05) is 27.7 Å². The van der Waals surface area contributed by atoms with E-state index in [2.05, 4.69) is 0 Å². The second-order valence-corrected chi connectivity index (χ2v) is 10.4. The van der Waals surface area contributed by atoms with Crippen molar-refractivity contribution in [2.45, 2.75) is 51.7 Å². The van der Waals surface area contributed by atoms with Gasteiger partial charge in [0.25, 0.3) is 0 Å². The van der Waals surface area contributed by atoms with Gasteiger partial charge in [-0.1, -0.05) is 0 Å². The molecule has 0 amide bonds. The van der Waals surface area contributed by atoms with E-state index in [4.69, 9.17) is 18.0 Å². The van der Waals surface area contributed by atoms with E-state index in [-0.39, 0.29) is 26.9 Å². The topological polar surface area (TPSA) is 53.3 Å². The average molecular weight is 513 g/mol. The Kier molecular flexibility index (Phi) is 5.45. The van der Waals surface area contributed by atoms with Gasteiger partial charge in [0.2, 0.25) is 0 Å². The van der Waals surface area contributed by atoms with Crippen LogP contribution in [-0.2, 0) is 4.74 Å². The van der Waals surface area contributed by atoms with Crippen LogP contribution in [0.4, 0.5) is 13.2 Å². The number of alkyl halides is 5. The molecule has 20 heavy (non-hydrogen) atoms. The first-order valence-electron chi connectivity index (χ1n) is 5.74. The molecular formula is C10H14B2F3I2NO2-. The van der Waals surface area contributed by atoms with Gasteiger partial charge in [-0.15, -0.1) is 0 Å². The van der Waals surface area contributed by atoms with Crippen molar-refractivity contribution in [2.75, 3.05) is 0 Å². The molecule has 0 aliphatic carbocycles. The number of ether oxygens (including phenoxy) is 1. The maximum atomic E-state index is 12.6. The van der Waals surface area contributed by atoms with Crippen LogP contribution in [0.3, 0.4) is 0 Å². The molecule has 1 aliphatic rings. The van der Waals surface area contributed by atoms with Crippen LogP contribution >= 0.6 is 22.6 Å². The van der Waals surface area contributed by atoms with Crippen molar-refractivity contribution in [3.63, 3.8) is 0 Å². The molecule has 0 bridgehead atoms. The normalized spacial score (nSPS) is 30.0. The summed E-state index contributed by atoms with van der Waals surface area (Å²) in [5, 5.41) is 19.2. The summed E-state index contributed by atoms with van der Waals surface area (Å²) in [6.07, 6.45) is -6.30. The van der Waals surface area contributed by atoms with Crippen LogP contribution in [0.25, 0.3) is 0 Å². The number of rotatable bonds is 5. The Morgan fingerprint density at radius 1 is 1.55 bits per heavy atom. The van der Waals surface area contributed by atoms with Gasteiger partial charge < -0.3 is 0 Å². The Hall–Kier alpha value is 0.810. The van der Waals surface area contributed by atoms with E-state index < -0.39 is 30.9 Å². The summed E-state index contributed by atoms with van der Waals surface area (Å²) in [7, 11) is 6.03. The summed E-state index contributed by atoms with van der Waals surface area (Å²) in [6.45, 7) is 3.83. The zero-order valence-corrected chi connectivity index (χ0v) is 15.5. The van der Waals surface area contributed by atoms with Gasteiger partial charge in [0.15, 0.2) is 0 Å². The molecule has 0 aromatic carbocycles. The average Bonchev–Trinajstić information content (AvgIpc) is 2.95. The Labute approximate surface area is 142 Å². The molecule has 1 fully saturated rings. The minimum absolute atomic E-state index is 0.153. The fourth-order valence-corrected chi connectivity index (χ4v) is 4.92. The fourth-order valence-electron chi connectivity index (χ4n) is 1.47. The predicted octanol–water partition coefficient (Wildman–Crippen LogP) is -1.19. The van der Waals surface area contributed by atoms with Gasteiger partial charge in [-0.3, -0.25) is 0 Å². The molecule has 0 spiro atoms. The van der Waals surface area contributed by atoms with Gasteiger partial charge in [0.1, 0.15) is 0 Å². The van der Waals surface area contributed by atoms with Gasteiger partial charge in [0, 0.05) is 0 Å². The van der Waals surface area contributed by atoms with Crippen LogP contribution in [-0.4, -0.2) is 48.5 Å². The number of hydrogen-bond donors (Lipinski definition) is 2. The zero-order chi connectivity index (χ0) is 16.0. The summed E-state index contributed by atoms with van der Waals surface area (Å²) in [5.41, 5.74) is -2.84. The van der Waals surface area contributed by atoms with Crippen molar-refractivity contribution in [1.29, 1.82) is 5.41 Å². The molecule has 0 aromatic rings. The molecule has 4 unspecified atom stereocenters. The molecule has 113 valence electrons. The Morgan fingerprint density at radius 3 is 2.35 bits per heavy atom. The van der Waals surface area contributed by atoms with Crippen LogP contribution < -0.4 is 21.0 Å². The van der Waals surface area contributed by atoms with Crippen molar-refractivity contribution in [2.24, 2.45) is 0 Å². The molecule has 3 nitrogen and oxygen atoms in total. The van der Waals surface area contributed by atoms with Gasteiger partial charge in [-0.25, -0.2) is 0 Å². The molecule has 0 aromatic heterocycles. The van der Waals surface area contributed by atoms with Crippen molar-refractivity contribution in [3.05, 3.63) is 0 Å². The van der Waals surface area contributed by atoms with Crippen LogP contribution in [0.15, 0.2) is 0 Å². The quantitative estimate of drug-likeness (QED) is 0.160. The van der Waals surface area contributed by atoms with Gasteiger partial charge in [0.05, 0.1) is 0 Å². The second-order valence-electron chi connectivity index (χ2n) is 5.22. The number of halogens is 5. The minimum atomic E-state index is -4.73. The van der Waals surface area contributed by atoms with E-state index in [1.54, 1.807) is 6.92 Å². The third-order valence-corrected chi connectivity index (χ3v) is 8.56. The Morgan fingerprint density at radius 2 is 2.00 bits per heavy atom. The standard InChI is InChI=1S/C10H14B2F3I2NO2/c1-5(4-7(2,19)10(13,14)15)20-6(18)8(3,16)9(11)12-17-9/h5,18-19H,4H2,1-3H3/q-1. The van der Waals surface area contributed by atoms with E-state index in [9.17, 15) is 18.3 Å². The summed E-state index contributed by atoms with van der Waals surface area (Å²) in [6, 6.07) is 0. The second kappa shape index (κ2) is 5.78. The van der Waals surface area contributed by atoms with Crippen molar-refractivity contribution < 1.29 is 44.0 Å². The fraction of sp³-hybridized carbons (Fsp3) is 0.900. The molecule has 10 heteroatoms. The van der Waals surface area contributed by atoms with Crippen molar-refractivity contribution >= 4 is 41.5 Å². The van der Waals surface area contributed by atoms with Crippen LogP contribution in [0.2, 0.25) is 0 Å². The zero-order valence-electron chi connectivity index (χ0n) is 11.2. The van der Waals surface area contributed by atoms with E-state index in [0.717, 1.165) is 0 Å². The monoisotopic (exact) mass is 513 g/mol. The molecule has 1 saturated heterocycles. The third-order valence-electron chi connectivity index (χ3n) is 3.10. The molecule has 2 N–H and O–H groups in total. The summed E-state index contributed by atoms with van der Waals surface area (Å²) >= 11 is 1.68. The van der Waals surface area contributed by atoms with Gasteiger partial charge in [-0.2, -0.15) is 0 Å². The van der Waals surface area contributed by atoms with Gasteiger partial charge in [-0.05, 0) is 0 Å². The molecule has 0 saturated carbocycles. The van der Waals surface area contributed by atoms with Crippen molar-refractivity contribution in [3.8, 4) is 0 Å². The van der Waals surface area contributed by atoms with Crippen molar-refractivity contribution in [1.82, 2.24) is 0 Å². The van der Waals surface area contributed by atoms with Crippen LogP contribution in [0.5, 0.6) is 0 Å². The van der Waals surface area contributed by atoms with Gasteiger partial charge >= 0.3 is 143 Å². The Balaban J connectivity index is 2.63. The predicted molar refractivity (Wildman–Crippen MR) is 76.2 cm³/mol. The summed E-state index contributed by atoms with van der Waals surface area (Å²) in [4.78, 5) is 0. The summed E-state index contributed by atoms with van der Waals surface area (Å²) in [5.74, 6) is -0.153. The first-order chi connectivity index (χ1) is 8.73. The maximum absolute atomic E-state index is 12.6. The number of nitrogens with one attached hydrogen (secondary N) is 1. The summed E-state index contributed by atoms with van der Waals surface area (Å²) < 4.78 is 41.7. The van der Waals surface area contributed by atoms with Crippen LogP contribution in [0, 0.1) is 5.41 Å². The molecule has 1 rings (SSSR count). The molecular weight excluding hydrogens is 499 g/mol. The number of hydrogen-bond acceptors (Lipinski definition) is 3.